The number of hydrogen-bond acceptors (Lipinski definition) is 6. The Hall–Kier alpha value is -3.30. The molecule has 0 bridgehead atoms. The van der Waals surface area contributed by atoms with E-state index in [9.17, 15) is 14.4 Å². The third kappa shape index (κ3) is 4.49. The van der Waals surface area contributed by atoms with Gasteiger partial charge in [0.15, 0.2) is 0 Å². The zero-order valence-corrected chi connectivity index (χ0v) is 18.7. The van der Waals surface area contributed by atoms with Crippen molar-refractivity contribution in [2.75, 3.05) is 32.6 Å². The van der Waals surface area contributed by atoms with E-state index >= 15 is 0 Å². The second-order valence-electron chi connectivity index (χ2n) is 8.35. The van der Waals surface area contributed by atoms with E-state index in [4.69, 9.17) is 9.47 Å². The van der Waals surface area contributed by atoms with E-state index in [1.54, 1.807) is 25.2 Å². The number of carbonyl (C=O) groups excluding carboxylic acids is 2. The summed E-state index contributed by atoms with van der Waals surface area (Å²) in [5, 5.41) is 7.21. The molecule has 2 aliphatic rings. The first-order valence-electron chi connectivity index (χ1n) is 10.9. The highest BCUT2D eigenvalue weighted by atomic mass is 16.5. The van der Waals surface area contributed by atoms with Gasteiger partial charge in [-0.2, -0.15) is 5.10 Å². The molecule has 2 fully saturated rings. The number of nitrogens with zero attached hydrogens (tertiary/aromatic N) is 4. The minimum absolute atomic E-state index is 0.0822. The molecule has 32 heavy (non-hydrogen) atoms. The Kier molecular flexibility index (Phi) is 6.20. The minimum Gasteiger partial charge on any atom is -0.497 e. The Morgan fingerprint density at radius 2 is 1.84 bits per heavy atom. The maximum absolute atomic E-state index is 12.7. The van der Waals surface area contributed by atoms with Crippen molar-refractivity contribution in [2.45, 2.75) is 38.1 Å². The second-order valence-corrected chi connectivity index (χ2v) is 8.35. The predicted octanol–water partition coefficient (Wildman–Crippen LogP) is 1.35. The van der Waals surface area contributed by atoms with E-state index in [-0.39, 0.29) is 30.0 Å². The first-order chi connectivity index (χ1) is 15.4. The van der Waals surface area contributed by atoms with Crippen LogP contribution >= 0.6 is 0 Å². The van der Waals surface area contributed by atoms with Crippen LogP contribution in [0.3, 0.4) is 0 Å². The van der Waals surface area contributed by atoms with Gasteiger partial charge >= 0.3 is 5.69 Å². The third-order valence-corrected chi connectivity index (χ3v) is 6.15. The molecule has 2 heterocycles. The van der Waals surface area contributed by atoms with Crippen molar-refractivity contribution in [1.82, 2.24) is 19.2 Å². The number of carbonyl (C=O) groups is 2. The molecule has 1 saturated heterocycles. The van der Waals surface area contributed by atoms with Crippen LogP contribution in [0.2, 0.25) is 0 Å². The summed E-state index contributed by atoms with van der Waals surface area (Å²) in [5.41, 5.74) is 0.109. The SMILES string of the molecule is COc1ccc(OC)c(NC(=O)Cn2nc(C3CCN(C(=O)C4CC4)CC3)n(C)c2=O)c1. The lowest BCUT2D eigenvalue weighted by Crippen LogP contribution is -2.39. The van der Waals surface area contributed by atoms with Crippen LogP contribution in [0.5, 0.6) is 11.5 Å². The fraction of sp³-hybridized carbons (Fsp3) is 0.545. The van der Waals surface area contributed by atoms with Crippen LogP contribution in [-0.2, 0) is 23.2 Å². The van der Waals surface area contributed by atoms with Crippen molar-refractivity contribution in [2.24, 2.45) is 13.0 Å². The van der Waals surface area contributed by atoms with Gasteiger partial charge in [-0.1, -0.05) is 0 Å². The number of nitrogens with one attached hydrogen (secondary N) is 1. The summed E-state index contributed by atoms with van der Waals surface area (Å²) in [6.45, 7) is 1.14. The van der Waals surface area contributed by atoms with Crippen LogP contribution < -0.4 is 20.5 Å². The van der Waals surface area contributed by atoms with Crippen molar-refractivity contribution >= 4 is 17.5 Å². The number of amides is 2. The largest absolute Gasteiger partial charge is 0.497 e. The second kappa shape index (κ2) is 9.05. The van der Waals surface area contributed by atoms with Gasteiger partial charge in [0.2, 0.25) is 11.8 Å². The smallest absolute Gasteiger partial charge is 0.346 e. The van der Waals surface area contributed by atoms with Gasteiger partial charge in [-0.3, -0.25) is 14.2 Å². The summed E-state index contributed by atoms with van der Waals surface area (Å²) in [4.78, 5) is 39.5. The monoisotopic (exact) mass is 443 g/mol. The highest BCUT2D eigenvalue weighted by Gasteiger charge is 2.36. The lowest BCUT2D eigenvalue weighted by atomic mass is 9.95. The quantitative estimate of drug-likeness (QED) is 0.692. The van der Waals surface area contributed by atoms with Crippen LogP contribution in [0.4, 0.5) is 5.69 Å². The summed E-state index contributed by atoms with van der Waals surface area (Å²) in [6, 6.07) is 5.08. The van der Waals surface area contributed by atoms with E-state index in [0.29, 0.717) is 36.1 Å². The molecule has 1 saturated carbocycles. The van der Waals surface area contributed by atoms with Crippen LogP contribution in [0.15, 0.2) is 23.0 Å². The van der Waals surface area contributed by atoms with Gasteiger partial charge in [-0.25, -0.2) is 9.48 Å². The zero-order chi connectivity index (χ0) is 22.8. The maximum Gasteiger partial charge on any atom is 0.346 e. The molecule has 2 aromatic rings. The van der Waals surface area contributed by atoms with Gasteiger partial charge < -0.3 is 19.7 Å². The summed E-state index contributed by atoms with van der Waals surface area (Å²) in [6.07, 6.45) is 3.52. The van der Waals surface area contributed by atoms with E-state index in [0.717, 1.165) is 25.7 Å². The molecule has 0 atom stereocenters. The molecule has 0 radical (unpaired) electrons. The van der Waals surface area contributed by atoms with Crippen LogP contribution in [0.25, 0.3) is 0 Å². The summed E-state index contributed by atoms with van der Waals surface area (Å²) in [7, 11) is 4.72. The molecule has 172 valence electrons. The Labute approximate surface area is 186 Å². The summed E-state index contributed by atoms with van der Waals surface area (Å²) < 4.78 is 13.2. The molecule has 0 unspecified atom stereocenters. The fourth-order valence-corrected chi connectivity index (χ4v) is 4.15. The zero-order valence-electron chi connectivity index (χ0n) is 18.7. The molecule has 10 heteroatoms. The Balaban J connectivity index is 1.42. The first-order valence-corrected chi connectivity index (χ1v) is 10.9. The van der Waals surface area contributed by atoms with E-state index in [2.05, 4.69) is 10.4 Å². The number of benzene rings is 1. The molecular formula is C22H29N5O5. The topological polar surface area (TPSA) is 108 Å². The standard InChI is InChI=1S/C22H29N5O5/c1-25-20(14-8-10-26(11-9-14)21(29)15-4-5-15)24-27(22(25)30)13-19(28)23-17-12-16(31-2)6-7-18(17)32-3/h6-7,12,14-15H,4-5,8-11,13H2,1-3H3,(H,23,28). The van der Waals surface area contributed by atoms with Crippen LogP contribution in [0.1, 0.15) is 37.4 Å². The molecule has 1 aromatic heterocycles. The lowest BCUT2D eigenvalue weighted by Gasteiger charge is -2.31. The highest BCUT2D eigenvalue weighted by molar-refractivity contribution is 5.92. The lowest BCUT2D eigenvalue weighted by molar-refractivity contribution is -0.133. The fourth-order valence-electron chi connectivity index (χ4n) is 4.15. The van der Waals surface area contributed by atoms with Gasteiger partial charge in [0, 0.05) is 38.0 Å². The van der Waals surface area contributed by atoms with Gasteiger partial charge in [-0.15, -0.1) is 0 Å². The normalized spacial score (nSPS) is 16.7. The van der Waals surface area contributed by atoms with Crippen molar-refractivity contribution < 1.29 is 19.1 Å². The molecule has 4 rings (SSSR count). The number of ether oxygens (including phenoxy) is 2. The molecular weight excluding hydrogens is 414 g/mol. The van der Waals surface area contributed by atoms with Gasteiger partial charge in [-0.05, 0) is 37.8 Å². The van der Waals surface area contributed by atoms with E-state index in [1.165, 1.54) is 23.5 Å². The Bertz CT molecular complexity index is 1060. The number of rotatable bonds is 7. The molecule has 1 aliphatic heterocycles. The Morgan fingerprint density at radius 3 is 2.47 bits per heavy atom. The average Bonchev–Trinajstić information content (AvgIpc) is 3.62. The highest BCUT2D eigenvalue weighted by Crippen LogP contribution is 2.34. The number of hydrogen-bond donors (Lipinski definition) is 1. The number of likely N-dealkylation sites (tertiary alicyclic amines) is 1. The molecule has 10 nitrogen and oxygen atoms in total. The molecule has 2 amide bonds. The van der Waals surface area contributed by atoms with Gasteiger partial charge in [0.05, 0.1) is 19.9 Å². The number of piperidine rings is 1. The predicted molar refractivity (Wildman–Crippen MR) is 117 cm³/mol. The summed E-state index contributed by atoms with van der Waals surface area (Å²) in [5.74, 6) is 1.88. The van der Waals surface area contributed by atoms with Crippen molar-refractivity contribution in [3.05, 3.63) is 34.5 Å². The van der Waals surface area contributed by atoms with Gasteiger partial charge in [0.25, 0.3) is 0 Å². The maximum atomic E-state index is 12.7. The average molecular weight is 444 g/mol. The van der Waals surface area contributed by atoms with Gasteiger partial charge in [0.1, 0.15) is 23.9 Å². The number of methoxy groups -OCH3 is 2. The van der Waals surface area contributed by atoms with Crippen molar-refractivity contribution in [3.8, 4) is 11.5 Å². The van der Waals surface area contributed by atoms with E-state index < -0.39 is 5.91 Å². The minimum atomic E-state index is -0.395. The van der Waals surface area contributed by atoms with Crippen molar-refractivity contribution in [3.63, 3.8) is 0 Å². The Morgan fingerprint density at radius 1 is 1.12 bits per heavy atom. The summed E-state index contributed by atoms with van der Waals surface area (Å²) >= 11 is 0. The number of anilines is 1. The van der Waals surface area contributed by atoms with Crippen LogP contribution in [0, 0.1) is 5.92 Å². The first kappa shape index (κ1) is 21.9. The van der Waals surface area contributed by atoms with E-state index in [1.807, 2.05) is 4.90 Å². The molecule has 0 spiro atoms. The number of aromatic nitrogens is 3. The molecule has 1 N–H and O–H groups in total. The molecule has 1 aliphatic carbocycles. The molecule has 1 aromatic carbocycles. The third-order valence-electron chi connectivity index (χ3n) is 6.15. The van der Waals surface area contributed by atoms with Crippen molar-refractivity contribution in [1.29, 1.82) is 0 Å². The van der Waals surface area contributed by atoms with Crippen LogP contribution in [-0.4, -0.2) is 58.4 Å².